The molecule has 3 rings (SSSR count). The average molecular weight is 273 g/mol. The van der Waals surface area contributed by atoms with E-state index in [1.165, 1.54) is 0 Å². The summed E-state index contributed by atoms with van der Waals surface area (Å²) in [6.07, 6.45) is 1.95. The number of anilines is 1. The van der Waals surface area contributed by atoms with Crippen molar-refractivity contribution in [2.75, 3.05) is 11.9 Å². The Morgan fingerprint density at radius 2 is 2.21 bits per heavy atom. The molecular formula is C13H15N5S. The van der Waals surface area contributed by atoms with Crippen LogP contribution < -0.4 is 5.32 Å². The summed E-state index contributed by atoms with van der Waals surface area (Å²) in [5.74, 6) is 1.70. The van der Waals surface area contributed by atoms with E-state index in [1.54, 1.807) is 11.3 Å². The first-order valence-corrected chi connectivity index (χ1v) is 7.12. The van der Waals surface area contributed by atoms with Crippen LogP contribution in [-0.2, 0) is 6.54 Å². The Labute approximate surface area is 115 Å². The molecule has 5 nitrogen and oxygen atoms in total. The van der Waals surface area contributed by atoms with Crippen molar-refractivity contribution < 1.29 is 0 Å². The van der Waals surface area contributed by atoms with Gasteiger partial charge in [0.25, 0.3) is 0 Å². The zero-order chi connectivity index (χ0) is 13.2. The van der Waals surface area contributed by atoms with E-state index in [9.17, 15) is 0 Å². The largest absolute Gasteiger partial charge is 0.370 e. The fourth-order valence-corrected chi connectivity index (χ4v) is 2.75. The third-order valence-corrected chi connectivity index (χ3v) is 3.60. The summed E-state index contributed by atoms with van der Waals surface area (Å²) in [7, 11) is 0. The lowest BCUT2D eigenvalue weighted by Gasteiger charge is -2.07. The van der Waals surface area contributed by atoms with Gasteiger partial charge in [-0.2, -0.15) is 5.10 Å². The summed E-state index contributed by atoms with van der Waals surface area (Å²) in [4.78, 5) is 10.2. The van der Waals surface area contributed by atoms with Crippen LogP contribution >= 0.6 is 11.3 Å². The van der Waals surface area contributed by atoms with Crippen molar-refractivity contribution in [3.8, 4) is 0 Å². The van der Waals surface area contributed by atoms with E-state index >= 15 is 0 Å². The van der Waals surface area contributed by atoms with Crippen LogP contribution in [0.4, 0.5) is 5.82 Å². The summed E-state index contributed by atoms with van der Waals surface area (Å²) >= 11 is 1.64. The molecule has 0 amide bonds. The molecule has 0 aromatic carbocycles. The third kappa shape index (κ3) is 2.44. The molecule has 0 saturated carbocycles. The molecule has 0 unspecified atom stereocenters. The van der Waals surface area contributed by atoms with Gasteiger partial charge in [-0.1, -0.05) is 0 Å². The van der Waals surface area contributed by atoms with E-state index in [-0.39, 0.29) is 0 Å². The predicted octanol–water partition coefficient (Wildman–Crippen LogP) is 2.68. The lowest BCUT2D eigenvalue weighted by atomic mass is 10.3. The maximum absolute atomic E-state index is 4.59. The Hall–Kier alpha value is -1.95. The first kappa shape index (κ1) is 12.1. The summed E-state index contributed by atoms with van der Waals surface area (Å²) < 4.78 is 1.86. The first-order valence-electron chi connectivity index (χ1n) is 6.24. The van der Waals surface area contributed by atoms with Crippen LogP contribution in [-0.4, -0.2) is 26.3 Å². The lowest BCUT2D eigenvalue weighted by molar-refractivity contribution is 0.653. The van der Waals surface area contributed by atoms with Gasteiger partial charge < -0.3 is 5.32 Å². The van der Waals surface area contributed by atoms with Gasteiger partial charge >= 0.3 is 0 Å². The summed E-state index contributed by atoms with van der Waals surface area (Å²) in [5, 5.41) is 10.8. The number of thiophene rings is 1. The van der Waals surface area contributed by atoms with Crippen LogP contribution in [0.2, 0.25) is 0 Å². The topological polar surface area (TPSA) is 55.6 Å². The molecule has 0 saturated heterocycles. The quantitative estimate of drug-likeness (QED) is 0.794. The fraction of sp³-hybridized carbons (Fsp3) is 0.308. The molecule has 98 valence electrons. The van der Waals surface area contributed by atoms with E-state index in [2.05, 4.69) is 33.4 Å². The summed E-state index contributed by atoms with van der Waals surface area (Å²) in [6.45, 7) is 5.49. The van der Waals surface area contributed by atoms with Crippen molar-refractivity contribution >= 4 is 27.4 Å². The number of hydrogen-bond acceptors (Lipinski definition) is 5. The number of nitrogens with zero attached hydrogens (tertiary/aromatic N) is 4. The van der Waals surface area contributed by atoms with E-state index in [4.69, 9.17) is 0 Å². The molecule has 6 heteroatoms. The van der Waals surface area contributed by atoms with E-state index in [0.717, 1.165) is 34.1 Å². The molecule has 0 radical (unpaired) electrons. The molecule has 0 aliphatic heterocycles. The number of nitrogens with one attached hydrogen (secondary N) is 1. The second-order valence-corrected chi connectivity index (χ2v) is 5.21. The maximum atomic E-state index is 4.59. The molecule has 0 bridgehead atoms. The SMILES string of the molecule is CCNc1nc(Cn2ccc(C)n2)nc2sccc12. The first-order chi connectivity index (χ1) is 9.26. The Balaban J connectivity index is 1.98. The molecule has 0 fully saturated rings. The molecule has 19 heavy (non-hydrogen) atoms. The molecule has 3 aromatic rings. The van der Waals surface area contributed by atoms with Gasteiger partial charge in [0.05, 0.1) is 11.1 Å². The smallest absolute Gasteiger partial charge is 0.153 e. The molecule has 0 atom stereocenters. The number of fused-ring (bicyclic) bond motifs is 1. The highest BCUT2D eigenvalue weighted by Gasteiger charge is 2.09. The maximum Gasteiger partial charge on any atom is 0.153 e. The number of aromatic nitrogens is 4. The highest BCUT2D eigenvalue weighted by atomic mass is 32.1. The van der Waals surface area contributed by atoms with Gasteiger partial charge in [-0.25, -0.2) is 9.97 Å². The van der Waals surface area contributed by atoms with Crippen LogP contribution in [0.1, 0.15) is 18.4 Å². The second kappa shape index (κ2) is 4.97. The Morgan fingerprint density at radius 1 is 1.32 bits per heavy atom. The van der Waals surface area contributed by atoms with Gasteiger partial charge in [0, 0.05) is 12.7 Å². The molecule has 3 heterocycles. The van der Waals surface area contributed by atoms with Gasteiger partial charge in [-0.05, 0) is 31.4 Å². The zero-order valence-electron chi connectivity index (χ0n) is 10.9. The number of hydrogen-bond donors (Lipinski definition) is 1. The fourth-order valence-electron chi connectivity index (χ4n) is 1.97. The Morgan fingerprint density at radius 3 is 2.95 bits per heavy atom. The van der Waals surface area contributed by atoms with Gasteiger partial charge in [0.2, 0.25) is 0 Å². The van der Waals surface area contributed by atoms with Crippen LogP contribution in [0, 0.1) is 6.92 Å². The van der Waals surface area contributed by atoms with Crippen molar-refractivity contribution in [1.82, 2.24) is 19.7 Å². The summed E-state index contributed by atoms with van der Waals surface area (Å²) in [5.41, 5.74) is 1.00. The Bertz CT molecular complexity index is 700. The van der Waals surface area contributed by atoms with Crippen LogP contribution in [0.25, 0.3) is 10.2 Å². The minimum atomic E-state index is 0.597. The summed E-state index contributed by atoms with van der Waals surface area (Å²) in [6, 6.07) is 4.04. The third-order valence-electron chi connectivity index (χ3n) is 2.79. The van der Waals surface area contributed by atoms with Crippen molar-refractivity contribution in [2.45, 2.75) is 20.4 Å². The highest BCUT2D eigenvalue weighted by Crippen LogP contribution is 2.25. The standard InChI is InChI=1S/C13H15N5S/c1-3-14-12-10-5-7-19-13(10)16-11(15-12)8-18-6-4-9(2)17-18/h4-7H,3,8H2,1-2H3,(H,14,15,16). The molecule has 1 N–H and O–H groups in total. The zero-order valence-corrected chi connectivity index (χ0v) is 11.7. The highest BCUT2D eigenvalue weighted by molar-refractivity contribution is 7.16. The minimum absolute atomic E-state index is 0.597. The van der Waals surface area contributed by atoms with Gasteiger partial charge in [0.1, 0.15) is 17.2 Å². The van der Waals surface area contributed by atoms with Crippen LogP contribution in [0.5, 0.6) is 0 Å². The van der Waals surface area contributed by atoms with Crippen molar-refractivity contribution in [1.29, 1.82) is 0 Å². The predicted molar refractivity (Wildman–Crippen MR) is 77.6 cm³/mol. The number of rotatable bonds is 4. The van der Waals surface area contributed by atoms with E-state index in [1.807, 2.05) is 29.2 Å². The monoisotopic (exact) mass is 273 g/mol. The van der Waals surface area contributed by atoms with Crippen molar-refractivity contribution in [3.63, 3.8) is 0 Å². The van der Waals surface area contributed by atoms with E-state index in [0.29, 0.717) is 6.54 Å². The van der Waals surface area contributed by atoms with Crippen molar-refractivity contribution in [3.05, 3.63) is 35.2 Å². The Kier molecular flexibility index (Phi) is 3.16. The second-order valence-electron chi connectivity index (χ2n) is 4.31. The minimum Gasteiger partial charge on any atom is -0.370 e. The van der Waals surface area contributed by atoms with Crippen LogP contribution in [0.3, 0.4) is 0 Å². The van der Waals surface area contributed by atoms with Crippen LogP contribution in [0.15, 0.2) is 23.7 Å². The van der Waals surface area contributed by atoms with Gasteiger partial charge in [0.15, 0.2) is 5.82 Å². The normalized spacial score (nSPS) is 11.1. The lowest BCUT2D eigenvalue weighted by Crippen LogP contribution is -2.08. The average Bonchev–Trinajstić information content (AvgIpc) is 2.99. The van der Waals surface area contributed by atoms with E-state index < -0.39 is 0 Å². The molecule has 3 aromatic heterocycles. The number of aryl methyl sites for hydroxylation is 1. The molecule has 0 aliphatic carbocycles. The van der Waals surface area contributed by atoms with Crippen molar-refractivity contribution in [2.24, 2.45) is 0 Å². The van der Waals surface area contributed by atoms with Gasteiger partial charge in [-0.15, -0.1) is 11.3 Å². The molecule has 0 spiro atoms. The van der Waals surface area contributed by atoms with Gasteiger partial charge in [-0.3, -0.25) is 4.68 Å². The molecular weight excluding hydrogens is 258 g/mol. The molecule has 0 aliphatic rings.